The molecule has 2 aliphatic heterocycles. The minimum Gasteiger partial charge on any atom is -0.374 e. The second kappa shape index (κ2) is 7.15. The van der Waals surface area contributed by atoms with E-state index in [1.54, 1.807) is 11.3 Å². The van der Waals surface area contributed by atoms with Crippen LogP contribution in [0.25, 0.3) is 0 Å². The van der Waals surface area contributed by atoms with Gasteiger partial charge >= 0.3 is 0 Å². The lowest BCUT2D eigenvalue weighted by Crippen LogP contribution is -2.30. The highest BCUT2D eigenvalue weighted by molar-refractivity contribution is 8.18. The molecule has 1 atom stereocenters. The van der Waals surface area contributed by atoms with Gasteiger partial charge in [-0.1, -0.05) is 38.1 Å². The van der Waals surface area contributed by atoms with Crippen molar-refractivity contribution in [1.82, 2.24) is 15.3 Å². The Balaban J connectivity index is 1.69. The van der Waals surface area contributed by atoms with Gasteiger partial charge in [0.15, 0.2) is 11.5 Å². The van der Waals surface area contributed by atoms with Gasteiger partial charge in [0.2, 0.25) is 0 Å². The van der Waals surface area contributed by atoms with Crippen LogP contribution in [0.1, 0.15) is 33.1 Å². The zero-order valence-electron chi connectivity index (χ0n) is 16.8. The molecule has 5 rings (SSSR count). The number of hydrogen-bond donors (Lipinski definition) is 2. The molecule has 2 N–H and O–H groups in total. The molecule has 152 valence electrons. The van der Waals surface area contributed by atoms with E-state index in [4.69, 9.17) is 11.8 Å². The highest BCUT2D eigenvalue weighted by atomic mass is 32.4. The number of rotatable bonds is 4. The smallest absolute Gasteiger partial charge is 0.187 e. The summed E-state index contributed by atoms with van der Waals surface area (Å²) < 4.78 is 2.20. The summed E-state index contributed by atoms with van der Waals surface area (Å²) in [5.41, 5.74) is 7.46. The fourth-order valence-corrected chi connectivity index (χ4v) is 9.32. The van der Waals surface area contributed by atoms with Gasteiger partial charge in [-0.25, -0.2) is 9.76 Å². The van der Waals surface area contributed by atoms with Crippen molar-refractivity contribution in [2.45, 2.75) is 33.1 Å². The van der Waals surface area contributed by atoms with Crippen molar-refractivity contribution in [2.75, 3.05) is 23.0 Å². The first-order valence-electron chi connectivity index (χ1n) is 10.1. The van der Waals surface area contributed by atoms with E-state index in [0.29, 0.717) is 0 Å². The molecule has 0 unspecified atom stereocenters. The first kappa shape index (κ1) is 19.2. The van der Waals surface area contributed by atoms with E-state index in [9.17, 15) is 0 Å². The highest BCUT2D eigenvalue weighted by Gasteiger charge is 2.47. The average Bonchev–Trinajstić information content (AvgIpc) is 3.43. The van der Waals surface area contributed by atoms with Crippen molar-refractivity contribution in [2.24, 2.45) is 5.41 Å². The highest BCUT2D eigenvalue weighted by Crippen LogP contribution is 2.67. The third kappa shape index (κ3) is 3.39. The monoisotopic (exact) mass is 443 g/mol. The van der Waals surface area contributed by atoms with Crippen LogP contribution >= 0.6 is 17.7 Å². The Kier molecular flexibility index (Phi) is 4.72. The summed E-state index contributed by atoms with van der Waals surface area (Å²) in [6.45, 7) is 6.88. The van der Waals surface area contributed by atoms with Crippen LogP contribution in [0.3, 0.4) is 0 Å². The topological polar surface area (TPSA) is 43.4 Å². The van der Waals surface area contributed by atoms with E-state index < -0.39 is 6.34 Å². The molecule has 29 heavy (non-hydrogen) atoms. The van der Waals surface area contributed by atoms with Crippen molar-refractivity contribution in [3.8, 4) is 0 Å². The van der Waals surface area contributed by atoms with Crippen LogP contribution in [0.2, 0.25) is 0 Å². The molecule has 2 aromatic rings. The minimum atomic E-state index is -2.36. The second-order valence-electron chi connectivity index (χ2n) is 8.50. The van der Waals surface area contributed by atoms with Crippen molar-refractivity contribution < 1.29 is 0 Å². The quantitative estimate of drug-likeness (QED) is 0.608. The minimum absolute atomic E-state index is 0.0950. The number of para-hydroxylation sites is 1. The van der Waals surface area contributed by atoms with Crippen molar-refractivity contribution >= 4 is 40.3 Å². The molecular weight excluding hydrogens is 417 g/mol. The molecule has 3 aliphatic rings. The molecule has 0 radical (unpaired) electrons. The number of allylic oxidation sites excluding steroid dienone is 3. The Bertz CT molecular complexity index is 1010. The van der Waals surface area contributed by atoms with Crippen molar-refractivity contribution in [1.29, 1.82) is 0 Å². The van der Waals surface area contributed by atoms with Gasteiger partial charge in [-0.05, 0) is 48.6 Å². The predicted octanol–water partition coefficient (Wildman–Crippen LogP) is 5.51. The van der Waals surface area contributed by atoms with Gasteiger partial charge in [-0.2, -0.15) is 0 Å². The van der Waals surface area contributed by atoms with Gasteiger partial charge in [0.1, 0.15) is 0 Å². The Morgan fingerprint density at radius 2 is 1.97 bits per heavy atom. The molecule has 5 nitrogen and oxygen atoms in total. The van der Waals surface area contributed by atoms with Gasteiger partial charge in [0, 0.05) is 30.4 Å². The van der Waals surface area contributed by atoms with E-state index in [-0.39, 0.29) is 5.41 Å². The summed E-state index contributed by atoms with van der Waals surface area (Å²) >= 11 is 8.12. The Labute approximate surface area is 181 Å². The molecule has 2 saturated heterocycles. The first-order chi connectivity index (χ1) is 14.0. The summed E-state index contributed by atoms with van der Waals surface area (Å²) in [4.78, 5) is 7.07. The fraction of sp³-hybridized carbons (Fsp3) is 0.381. The predicted molar refractivity (Wildman–Crippen MR) is 126 cm³/mol. The number of likely N-dealkylation sites (tertiary alicyclic amines) is 1. The van der Waals surface area contributed by atoms with Crippen LogP contribution in [0.5, 0.6) is 0 Å². The lowest BCUT2D eigenvalue weighted by molar-refractivity contribution is 0.345. The molecule has 0 bridgehead atoms. The summed E-state index contributed by atoms with van der Waals surface area (Å²) in [6.07, 6.45) is 5.38. The normalized spacial score (nSPS) is 25.7. The number of hydrogen-bond acceptors (Lipinski definition) is 5. The number of nitrogens with zero attached hydrogens (tertiary/aromatic N) is 3. The van der Waals surface area contributed by atoms with Crippen LogP contribution in [-0.4, -0.2) is 23.0 Å². The van der Waals surface area contributed by atoms with E-state index in [2.05, 4.69) is 69.4 Å². The summed E-state index contributed by atoms with van der Waals surface area (Å²) in [5.74, 6) is 0. The maximum atomic E-state index is 6.51. The summed E-state index contributed by atoms with van der Waals surface area (Å²) in [7, 11) is 0. The van der Waals surface area contributed by atoms with Gasteiger partial charge in [-0.15, -0.1) is 11.3 Å². The Hall–Kier alpha value is -1.82. The van der Waals surface area contributed by atoms with Crippen LogP contribution in [0.15, 0.2) is 64.7 Å². The Morgan fingerprint density at radius 1 is 1.21 bits per heavy atom. The maximum Gasteiger partial charge on any atom is 0.187 e. The zero-order chi connectivity index (χ0) is 20.1. The number of anilines is 2. The van der Waals surface area contributed by atoms with E-state index in [0.717, 1.165) is 30.3 Å². The number of hydrazine groups is 1. The molecular formula is C21H26N5PS2. The number of aromatic nitrogens is 1. The van der Waals surface area contributed by atoms with Crippen LogP contribution < -0.4 is 15.3 Å². The number of fused-ring (bicyclic) bond motifs is 1. The van der Waals surface area contributed by atoms with Crippen molar-refractivity contribution in [3.05, 3.63) is 64.7 Å². The van der Waals surface area contributed by atoms with E-state index >= 15 is 0 Å². The lowest BCUT2D eigenvalue weighted by Gasteiger charge is -2.36. The summed E-state index contributed by atoms with van der Waals surface area (Å²) in [6, 6.07) is 10.4. The van der Waals surface area contributed by atoms with Crippen molar-refractivity contribution in [3.63, 3.8) is 0 Å². The standard InChI is InChI=1S/C21H26N5PS2/c1-21(2)14-17-19(18(15-21)25-11-6-7-12-25)27(28,24-20-22-10-13-29-20)26(23-17)16-8-4-3-5-9-16/h3-5,8-10,13-14,23H,6-7,11-12,15H2,1-2H3,(H,22,24,28)/t27-/m1/s1. The van der Waals surface area contributed by atoms with E-state index in [1.165, 1.54) is 29.5 Å². The number of nitrogens with one attached hydrogen (secondary N) is 2. The van der Waals surface area contributed by atoms with Gasteiger partial charge in [0.25, 0.3) is 0 Å². The van der Waals surface area contributed by atoms with E-state index in [1.807, 2.05) is 17.6 Å². The number of thiazole rings is 1. The molecule has 0 amide bonds. The average molecular weight is 444 g/mol. The zero-order valence-corrected chi connectivity index (χ0v) is 19.3. The molecule has 8 heteroatoms. The second-order valence-corrected chi connectivity index (χ2v) is 13.2. The van der Waals surface area contributed by atoms with Crippen LogP contribution in [-0.2, 0) is 11.8 Å². The third-order valence-corrected chi connectivity index (χ3v) is 10.3. The molecule has 1 aromatic carbocycles. The molecule has 0 spiro atoms. The van der Waals surface area contributed by atoms with Gasteiger partial charge in [0.05, 0.1) is 16.7 Å². The largest absolute Gasteiger partial charge is 0.374 e. The lowest BCUT2D eigenvalue weighted by atomic mass is 9.83. The molecule has 1 aromatic heterocycles. The fourth-order valence-electron chi connectivity index (χ4n) is 4.45. The third-order valence-electron chi connectivity index (χ3n) is 5.67. The summed E-state index contributed by atoms with van der Waals surface area (Å²) in [5, 5.41) is 7.86. The van der Waals surface area contributed by atoms with Crippen LogP contribution in [0.4, 0.5) is 10.8 Å². The molecule has 3 heterocycles. The Morgan fingerprint density at radius 3 is 2.66 bits per heavy atom. The number of benzene rings is 1. The molecule has 1 aliphatic carbocycles. The maximum absolute atomic E-state index is 6.51. The van der Waals surface area contributed by atoms with Crippen LogP contribution in [0, 0.1) is 5.41 Å². The first-order valence-corrected chi connectivity index (χ1v) is 13.7. The molecule has 0 saturated carbocycles. The van der Waals surface area contributed by atoms with Gasteiger partial charge < -0.3 is 9.99 Å². The molecule has 2 fully saturated rings. The van der Waals surface area contributed by atoms with Gasteiger partial charge in [-0.3, -0.25) is 5.43 Å². The SMILES string of the molecule is CC1(C)C=C2NN(c3ccccc3)[P@](=S)(Nc3nccs3)C2=C(N2CCCC2)C1.